The summed E-state index contributed by atoms with van der Waals surface area (Å²) in [5.41, 5.74) is 3.42. The Kier molecular flexibility index (Phi) is 7.12. The van der Waals surface area contributed by atoms with Gasteiger partial charge in [0, 0.05) is 49.5 Å². The summed E-state index contributed by atoms with van der Waals surface area (Å²) in [7, 11) is 3.68. The second kappa shape index (κ2) is 11.2. The van der Waals surface area contributed by atoms with E-state index in [0.29, 0.717) is 46.1 Å². The fourth-order valence-electron chi connectivity index (χ4n) is 6.47. The number of ether oxygens (including phenoxy) is 2. The van der Waals surface area contributed by atoms with Gasteiger partial charge < -0.3 is 19.3 Å². The van der Waals surface area contributed by atoms with Crippen LogP contribution < -0.4 is 14.4 Å². The molecule has 2 unspecified atom stereocenters. The van der Waals surface area contributed by atoms with Crippen molar-refractivity contribution in [3.05, 3.63) is 60.3 Å². The number of piperidine rings is 2. The number of piperazine rings is 1. The topological polar surface area (TPSA) is 125 Å². The molecule has 0 spiro atoms. The lowest BCUT2D eigenvalue weighted by Crippen LogP contribution is -2.68. The van der Waals surface area contributed by atoms with Crippen LogP contribution in [0.2, 0.25) is 0 Å². The minimum absolute atomic E-state index is 0.138. The van der Waals surface area contributed by atoms with E-state index in [2.05, 4.69) is 44.0 Å². The van der Waals surface area contributed by atoms with Crippen LogP contribution in [0.3, 0.4) is 0 Å². The zero-order chi connectivity index (χ0) is 29.5. The van der Waals surface area contributed by atoms with Crippen molar-refractivity contribution in [1.29, 1.82) is 5.26 Å². The average molecular weight is 580 g/mol. The molecule has 0 aromatic carbocycles. The quantitative estimate of drug-likeness (QED) is 0.300. The van der Waals surface area contributed by atoms with E-state index in [0.717, 1.165) is 51.4 Å². The monoisotopic (exact) mass is 579 g/mol. The highest BCUT2D eigenvalue weighted by Crippen LogP contribution is 2.36. The number of carbonyl (C=O) groups excluding carboxylic acids is 1. The molecule has 4 saturated heterocycles. The summed E-state index contributed by atoms with van der Waals surface area (Å²) in [6.07, 6.45) is 11.3. The van der Waals surface area contributed by atoms with Crippen molar-refractivity contribution in [1.82, 2.24) is 34.4 Å². The lowest BCUT2D eigenvalue weighted by atomic mass is 9.87. The summed E-state index contributed by atoms with van der Waals surface area (Å²) < 4.78 is 12.6. The Labute approximate surface area is 249 Å². The van der Waals surface area contributed by atoms with Gasteiger partial charge in [0.1, 0.15) is 17.6 Å². The first-order valence-electron chi connectivity index (χ1n) is 14.6. The van der Waals surface area contributed by atoms with E-state index in [1.807, 2.05) is 12.3 Å². The molecular weight excluding hydrogens is 546 g/mol. The highest BCUT2D eigenvalue weighted by molar-refractivity contribution is 5.84. The second-order valence-corrected chi connectivity index (χ2v) is 11.6. The molecule has 12 nitrogen and oxygen atoms in total. The van der Waals surface area contributed by atoms with Crippen LogP contribution in [0.15, 0.2) is 49.2 Å². The molecule has 43 heavy (non-hydrogen) atoms. The first-order chi connectivity index (χ1) is 21.0. The van der Waals surface area contributed by atoms with E-state index in [4.69, 9.17) is 19.4 Å². The Morgan fingerprint density at radius 2 is 1.88 bits per heavy atom. The van der Waals surface area contributed by atoms with Crippen molar-refractivity contribution >= 4 is 17.3 Å². The largest absolute Gasteiger partial charge is 0.481 e. The zero-order valence-corrected chi connectivity index (χ0v) is 24.3. The number of rotatable bonds is 7. The highest BCUT2D eigenvalue weighted by Gasteiger charge is 2.44. The molecular formula is C31H33N9O3. The van der Waals surface area contributed by atoms with Crippen LogP contribution in [-0.2, 0) is 11.3 Å². The number of esters is 1. The van der Waals surface area contributed by atoms with Gasteiger partial charge in [-0.25, -0.2) is 14.5 Å². The van der Waals surface area contributed by atoms with Gasteiger partial charge in [0.2, 0.25) is 5.88 Å². The number of aromatic nitrogens is 5. The van der Waals surface area contributed by atoms with Gasteiger partial charge in [0.15, 0.2) is 0 Å². The van der Waals surface area contributed by atoms with Gasteiger partial charge in [0.05, 0.1) is 54.6 Å². The third-order valence-corrected chi connectivity index (χ3v) is 8.93. The molecule has 0 N–H and O–H groups in total. The molecule has 2 bridgehead atoms. The van der Waals surface area contributed by atoms with Crippen molar-refractivity contribution in [2.45, 2.75) is 37.9 Å². The molecule has 8 heterocycles. The van der Waals surface area contributed by atoms with Crippen molar-refractivity contribution in [2.24, 2.45) is 5.92 Å². The van der Waals surface area contributed by atoms with Crippen LogP contribution in [0.25, 0.3) is 16.8 Å². The third kappa shape index (κ3) is 5.26. The molecule has 0 amide bonds. The summed E-state index contributed by atoms with van der Waals surface area (Å²) in [6.45, 7) is 4.36. The number of likely N-dealkylation sites (tertiary alicyclic amines) is 1. The van der Waals surface area contributed by atoms with Gasteiger partial charge in [-0.15, -0.1) is 0 Å². The molecule has 4 aromatic rings. The van der Waals surface area contributed by atoms with E-state index in [1.165, 1.54) is 18.2 Å². The normalized spacial score (nSPS) is 20.9. The van der Waals surface area contributed by atoms with Crippen LogP contribution in [0.5, 0.6) is 11.6 Å². The van der Waals surface area contributed by atoms with Gasteiger partial charge in [-0.1, -0.05) is 6.07 Å². The summed E-state index contributed by atoms with van der Waals surface area (Å²) in [6, 6.07) is 8.84. The predicted octanol–water partition coefficient (Wildman–Crippen LogP) is 2.78. The van der Waals surface area contributed by atoms with E-state index in [-0.39, 0.29) is 11.9 Å². The molecule has 0 saturated carbocycles. The number of carbonyl (C=O) groups is 1. The number of hydrogen-bond donors (Lipinski definition) is 0. The van der Waals surface area contributed by atoms with Gasteiger partial charge in [0.25, 0.3) is 0 Å². The zero-order valence-electron chi connectivity index (χ0n) is 24.3. The lowest BCUT2D eigenvalue weighted by molar-refractivity contribution is -0.140. The number of nitriles is 1. The smallest absolute Gasteiger partial charge is 0.314 e. The highest BCUT2D eigenvalue weighted by atomic mass is 16.5. The first kappa shape index (κ1) is 27.2. The molecule has 12 heteroatoms. The number of hydrogen-bond acceptors (Lipinski definition) is 11. The van der Waals surface area contributed by atoms with Gasteiger partial charge >= 0.3 is 5.97 Å². The molecule has 4 aromatic heterocycles. The molecule has 2 atom stereocenters. The number of nitrogens with zero attached hydrogens (tertiary/aromatic N) is 9. The number of methoxy groups -OCH3 is 1. The SMILES string of the molecule is COc1ccc(CN2C3CC2CN(c2cnc(-c4cc(OC(=O)C5CCN(C)CC5)cn5ncc(C#N)c45)cn2)C3)cn1. The first-order valence-corrected chi connectivity index (χ1v) is 14.6. The van der Waals surface area contributed by atoms with Crippen molar-refractivity contribution in [2.75, 3.05) is 45.2 Å². The van der Waals surface area contributed by atoms with Crippen LogP contribution in [-0.4, -0.2) is 92.8 Å². The minimum Gasteiger partial charge on any atom is -0.481 e. The maximum Gasteiger partial charge on any atom is 0.314 e. The molecule has 4 aliphatic heterocycles. The summed E-state index contributed by atoms with van der Waals surface area (Å²) in [5, 5.41) is 14.1. The van der Waals surface area contributed by atoms with Crippen molar-refractivity contribution in [3.8, 4) is 29.0 Å². The summed E-state index contributed by atoms with van der Waals surface area (Å²) in [4.78, 5) is 33.9. The Balaban J connectivity index is 1.08. The van der Waals surface area contributed by atoms with E-state index >= 15 is 0 Å². The van der Waals surface area contributed by atoms with Gasteiger partial charge in [-0.05, 0) is 51.0 Å². The second-order valence-electron chi connectivity index (χ2n) is 11.6. The molecule has 4 aliphatic rings. The number of pyridine rings is 2. The Morgan fingerprint density at radius 1 is 1.07 bits per heavy atom. The summed E-state index contributed by atoms with van der Waals surface area (Å²) >= 11 is 0. The Bertz CT molecular complexity index is 1660. The number of fused-ring (bicyclic) bond motifs is 3. The molecule has 0 radical (unpaired) electrons. The Hall–Kier alpha value is -4.60. The fourth-order valence-corrected chi connectivity index (χ4v) is 6.47. The lowest BCUT2D eigenvalue weighted by Gasteiger charge is -2.56. The molecule has 8 rings (SSSR count). The molecule has 4 fully saturated rings. The summed E-state index contributed by atoms with van der Waals surface area (Å²) in [5.74, 6) is 1.43. The predicted molar refractivity (Wildman–Crippen MR) is 158 cm³/mol. The minimum atomic E-state index is -0.242. The molecule has 220 valence electrons. The maximum atomic E-state index is 13.0. The maximum absolute atomic E-state index is 13.0. The van der Waals surface area contributed by atoms with Crippen LogP contribution >= 0.6 is 0 Å². The van der Waals surface area contributed by atoms with Crippen LogP contribution in [0, 0.1) is 17.2 Å². The van der Waals surface area contributed by atoms with Crippen molar-refractivity contribution in [3.63, 3.8) is 0 Å². The van der Waals surface area contributed by atoms with E-state index < -0.39 is 0 Å². The standard InChI is InChI=1S/C31H33N9O3/c1-37-7-5-21(6-8-37)31(41)43-25-10-26(30-22(11-32)13-36-40(30)19-25)27-14-34-28(15-33-27)38-17-23-9-24(18-38)39(23)16-20-3-4-29(42-2)35-12-20/h3-4,10,12-15,19,21,23-24H,5-9,16-18H2,1-2H3. The number of anilines is 1. The fraction of sp³-hybridized carbons (Fsp3) is 0.419. The van der Waals surface area contributed by atoms with Gasteiger partial charge in [-0.3, -0.25) is 14.7 Å². The van der Waals surface area contributed by atoms with Crippen LogP contribution in [0.4, 0.5) is 5.82 Å². The average Bonchev–Trinajstić information content (AvgIpc) is 3.47. The van der Waals surface area contributed by atoms with Gasteiger partial charge in [-0.2, -0.15) is 10.4 Å². The molecule has 0 aliphatic carbocycles. The van der Waals surface area contributed by atoms with E-state index in [1.54, 1.807) is 36.3 Å². The van der Waals surface area contributed by atoms with E-state index in [9.17, 15) is 10.1 Å². The van der Waals surface area contributed by atoms with Crippen LogP contribution in [0.1, 0.15) is 30.4 Å². The van der Waals surface area contributed by atoms with Crippen molar-refractivity contribution < 1.29 is 14.3 Å². The Morgan fingerprint density at radius 3 is 2.56 bits per heavy atom. The third-order valence-electron chi connectivity index (χ3n) is 8.93.